The number of nitrogens with zero attached hydrogens (tertiary/aromatic N) is 4. The fourth-order valence-corrected chi connectivity index (χ4v) is 4.86. The first-order valence-corrected chi connectivity index (χ1v) is 15.4. The van der Waals surface area contributed by atoms with Crippen molar-refractivity contribution in [2.45, 2.75) is 32.7 Å². The van der Waals surface area contributed by atoms with E-state index in [2.05, 4.69) is 48.8 Å². The number of amides is 2. The highest BCUT2D eigenvalue weighted by Crippen LogP contribution is 2.15. The van der Waals surface area contributed by atoms with Gasteiger partial charge in [-0.1, -0.05) is 19.1 Å². The topological polar surface area (TPSA) is 127 Å². The van der Waals surface area contributed by atoms with E-state index < -0.39 is 12.0 Å². The molecule has 0 saturated carbocycles. The van der Waals surface area contributed by atoms with Gasteiger partial charge in [0.05, 0.1) is 22.6 Å². The largest absolute Gasteiger partial charge is 0.480 e. The number of carbonyl (C=O) groups is 3. The molecule has 13 heteroatoms. The van der Waals surface area contributed by atoms with Gasteiger partial charge in [0.1, 0.15) is 11.8 Å². The Bertz CT molecular complexity index is 940. The van der Waals surface area contributed by atoms with E-state index in [1.54, 1.807) is 0 Å². The number of likely N-dealkylation sites (N-methyl/N-ethyl adjacent to an activating group) is 2. The van der Waals surface area contributed by atoms with Crippen LogP contribution in [0.1, 0.15) is 25.8 Å². The molecule has 238 valence electrons. The Labute approximate surface area is 253 Å². The average Bonchev–Trinajstić information content (AvgIpc) is 2.97. The number of carboxylic acids is 1. The molecule has 1 heterocycles. The number of nitrogens with one attached hydrogen (secondary N) is 2. The molecule has 1 fully saturated rings. The summed E-state index contributed by atoms with van der Waals surface area (Å²) in [6, 6.07) is 6.65. The van der Waals surface area contributed by atoms with Crippen molar-refractivity contribution in [1.29, 1.82) is 0 Å². The summed E-state index contributed by atoms with van der Waals surface area (Å²) in [5.41, 5.74) is 0.898. The molecule has 0 aliphatic carbocycles. The number of carboxylic acid groups (broad SMARTS) is 1. The molecular formula is C29H51N6O6P. The maximum Gasteiger partial charge on any atom is 0.317 e. The average molecular weight is 611 g/mol. The molecule has 1 saturated heterocycles. The molecule has 42 heavy (non-hydrogen) atoms. The molecule has 1 aliphatic heterocycles. The summed E-state index contributed by atoms with van der Waals surface area (Å²) in [4.78, 5) is 46.6. The van der Waals surface area contributed by atoms with Gasteiger partial charge in [-0.3, -0.25) is 24.2 Å². The van der Waals surface area contributed by atoms with Crippen LogP contribution in [0.2, 0.25) is 0 Å². The van der Waals surface area contributed by atoms with Crippen molar-refractivity contribution in [3.05, 3.63) is 29.8 Å². The summed E-state index contributed by atoms with van der Waals surface area (Å²) in [6.07, 6.45) is 1.02. The van der Waals surface area contributed by atoms with Crippen LogP contribution in [0, 0.1) is 0 Å². The van der Waals surface area contributed by atoms with Gasteiger partial charge in [-0.2, -0.15) is 0 Å². The van der Waals surface area contributed by atoms with Crippen molar-refractivity contribution in [3.63, 3.8) is 0 Å². The monoisotopic (exact) mass is 610 g/mol. The molecule has 2 amide bonds. The fourth-order valence-electron chi connectivity index (χ4n) is 4.71. The number of hydrogen-bond acceptors (Lipinski definition) is 9. The first-order valence-electron chi connectivity index (χ1n) is 14.9. The zero-order chi connectivity index (χ0) is 30.7. The van der Waals surface area contributed by atoms with Crippen LogP contribution in [0.15, 0.2) is 24.3 Å². The first kappa shape index (κ1) is 35.9. The lowest BCUT2D eigenvalue weighted by atomic mass is 10.0. The maximum atomic E-state index is 13.4. The molecule has 2 rings (SSSR count). The molecule has 2 atom stereocenters. The van der Waals surface area contributed by atoms with E-state index >= 15 is 0 Å². The molecule has 1 unspecified atom stereocenters. The summed E-state index contributed by atoms with van der Waals surface area (Å²) >= 11 is 0. The Balaban J connectivity index is 2.10. The molecule has 1 aliphatic rings. The van der Waals surface area contributed by atoms with E-state index in [0.717, 1.165) is 38.3 Å². The lowest BCUT2D eigenvalue weighted by Gasteiger charge is -2.32. The first-order chi connectivity index (χ1) is 20.2. The van der Waals surface area contributed by atoms with E-state index in [1.165, 1.54) is 0 Å². The summed E-state index contributed by atoms with van der Waals surface area (Å²) in [6.45, 7) is 12.4. The maximum absolute atomic E-state index is 13.4. The van der Waals surface area contributed by atoms with Crippen LogP contribution in [-0.4, -0.2) is 147 Å². The van der Waals surface area contributed by atoms with Gasteiger partial charge in [-0.15, -0.1) is 0 Å². The van der Waals surface area contributed by atoms with E-state index in [9.17, 15) is 19.5 Å². The minimum Gasteiger partial charge on any atom is -0.480 e. The fraction of sp³-hybridized carbons (Fsp3) is 0.690. The molecule has 0 spiro atoms. The van der Waals surface area contributed by atoms with Gasteiger partial charge in [-0.05, 0) is 44.6 Å². The predicted molar refractivity (Wildman–Crippen MR) is 167 cm³/mol. The minimum absolute atomic E-state index is 0.0406. The van der Waals surface area contributed by atoms with Crippen LogP contribution < -0.4 is 15.2 Å². The van der Waals surface area contributed by atoms with Crippen molar-refractivity contribution in [2.24, 2.45) is 0 Å². The van der Waals surface area contributed by atoms with Crippen molar-refractivity contribution in [2.75, 3.05) is 98.8 Å². The third-order valence-electron chi connectivity index (χ3n) is 7.35. The quantitative estimate of drug-likeness (QED) is 0.190. The number of rotatable bonds is 15. The molecule has 1 aromatic rings. The van der Waals surface area contributed by atoms with Crippen LogP contribution in [0.5, 0.6) is 5.75 Å². The normalized spacial score (nSPS) is 17.5. The van der Waals surface area contributed by atoms with Crippen LogP contribution in [0.25, 0.3) is 0 Å². The van der Waals surface area contributed by atoms with Crippen molar-refractivity contribution < 1.29 is 28.8 Å². The van der Waals surface area contributed by atoms with Crippen LogP contribution >= 0.6 is 9.47 Å². The summed E-state index contributed by atoms with van der Waals surface area (Å²) in [5.74, 6) is -0.661. The van der Waals surface area contributed by atoms with Crippen LogP contribution in [0.4, 0.5) is 0 Å². The SMILES string of the molecule is CCOCCCNC(=O)[C@@H](Cc1ccc(OP)cc1)NC(=O)CN1CCN(CC)CCN(C)CCN(CC(=O)O)CC1. The Hall–Kier alpha value is -2.34. The highest BCUT2D eigenvalue weighted by atomic mass is 31.0. The highest BCUT2D eigenvalue weighted by Gasteiger charge is 2.23. The van der Waals surface area contributed by atoms with Crippen molar-refractivity contribution >= 4 is 27.3 Å². The molecule has 12 nitrogen and oxygen atoms in total. The van der Waals surface area contributed by atoms with Gasteiger partial charge in [0.25, 0.3) is 0 Å². The van der Waals surface area contributed by atoms with Gasteiger partial charge in [0, 0.05) is 78.5 Å². The Morgan fingerprint density at radius 3 is 2.12 bits per heavy atom. The second kappa shape index (κ2) is 20.5. The number of hydrogen-bond donors (Lipinski definition) is 3. The highest BCUT2D eigenvalue weighted by molar-refractivity contribution is 7.10. The smallest absolute Gasteiger partial charge is 0.317 e. The summed E-state index contributed by atoms with van der Waals surface area (Å²) in [5, 5.41) is 15.3. The molecule has 1 aromatic carbocycles. The number of benzene rings is 1. The van der Waals surface area contributed by atoms with Gasteiger partial charge >= 0.3 is 5.97 Å². The molecule has 0 aromatic heterocycles. The second-order valence-electron chi connectivity index (χ2n) is 10.6. The zero-order valence-electron chi connectivity index (χ0n) is 25.6. The van der Waals surface area contributed by atoms with E-state index in [1.807, 2.05) is 36.1 Å². The third kappa shape index (κ3) is 14.7. The molecule has 3 N–H and O–H groups in total. The van der Waals surface area contributed by atoms with Gasteiger partial charge in [-0.25, -0.2) is 0 Å². The van der Waals surface area contributed by atoms with Crippen LogP contribution in [0.3, 0.4) is 0 Å². The lowest BCUT2D eigenvalue weighted by Crippen LogP contribution is -2.52. The van der Waals surface area contributed by atoms with E-state index in [-0.39, 0.29) is 24.9 Å². The molecule has 0 bridgehead atoms. The predicted octanol–water partition coefficient (Wildman–Crippen LogP) is 0.382. The summed E-state index contributed by atoms with van der Waals surface area (Å²) in [7, 11) is 4.27. The lowest BCUT2D eigenvalue weighted by molar-refractivity contribution is -0.138. The van der Waals surface area contributed by atoms with Gasteiger partial charge < -0.3 is 34.8 Å². The number of carbonyl (C=O) groups excluding carboxylic acids is 2. The van der Waals surface area contributed by atoms with Crippen molar-refractivity contribution in [1.82, 2.24) is 30.2 Å². The van der Waals surface area contributed by atoms with Crippen molar-refractivity contribution in [3.8, 4) is 5.75 Å². The van der Waals surface area contributed by atoms with E-state index in [4.69, 9.17) is 9.26 Å². The molecular weight excluding hydrogens is 559 g/mol. The zero-order valence-corrected chi connectivity index (χ0v) is 26.7. The van der Waals surface area contributed by atoms with Gasteiger partial charge in [0.15, 0.2) is 0 Å². The Morgan fingerprint density at radius 1 is 0.929 bits per heavy atom. The summed E-state index contributed by atoms with van der Waals surface area (Å²) < 4.78 is 10.5. The van der Waals surface area contributed by atoms with Crippen LogP contribution in [-0.2, 0) is 25.5 Å². The number of ether oxygens (including phenoxy) is 1. The second-order valence-corrected chi connectivity index (χ2v) is 10.8. The Kier molecular flexibility index (Phi) is 17.5. The van der Waals surface area contributed by atoms with Gasteiger partial charge in [0.2, 0.25) is 11.8 Å². The van der Waals surface area contributed by atoms with E-state index in [0.29, 0.717) is 64.5 Å². The molecule has 0 radical (unpaired) electrons. The minimum atomic E-state index is -0.862. The third-order valence-corrected chi connectivity index (χ3v) is 7.63. The standard InChI is InChI=1S/C29H51N6O6P/c1-4-33-14-12-32(3)13-15-35(23-28(37)38)19-18-34(17-16-33)22-27(36)31-26(29(39)30-11-6-20-40-5-2)21-24-7-9-25(41-42)10-8-24/h7-10,26H,4-6,11-23,42H2,1-3H3,(H,30,39)(H,31,36)(H,37,38)/t26-/m1/s1. The number of aliphatic carboxylic acids is 1. The Morgan fingerprint density at radius 2 is 1.52 bits per heavy atom.